The summed E-state index contributed by atoms with van der Waals surface area (Å²) in [5.74, 6) is -1.95. The number of halogens is 2. The Morgan fingerprint density at radius 2 is 1.88 bits per heavy atom. The van der Waals surface area contributed by atoms with Crippen molar-refractivity contribution in [3.8, 4) is 0 Å². The topological polar surface area (TPSA) is 46.2 Å². The lowest BCUT2D eigenvalue weighted by Crippen LogP contribution is -2.36. The molecule has 17 heavy (non-hydrogen) atoms. The summed E-state index contributed by atoms with van der Waals surface area (Å²) in [6, 6.07) is 3.48. The van der Waals surface area contributed by atoms with E-state index in [1.807, 2.05) is 20.8 Å². The molecule has 2 atom stereocenters. The highest BCUT2D eigenvalue weighted by molar-refractivity contribution is 5.21. The minimum Gasteiger partial charge on any atom is -0.388 e. The maximum absolute atomic E-state index is 13.4. The van der Waals surface area contributed by atoms with Crippen LogP contribution in [0.3, 0.4) is 0 Å². The van der Waals surface area contributed by atoms with Crippen molar-refractivity contribution in [2.24, 2.45) is 11.1 Å². The van der Waals surface area contributed by atoms with Gasteiger partial charge in [-0.25, -0.2) is 8.78 Å². The molecule has 0 radical (unpaired) electrons. The van der Waals surface area contributed by atoms with E-state index in [1.165, 1.54) is 12.1 Å². The highest BCUT2D eigenvalue weighted by Gasteiger charge is 2.25. The van der Waals surface area contributed by atoms with Crippen molar-refractivity contribution in [1.82, 2.24) is 0 Å². The lowest BCUT2D eigenvalue weighted by atomic mass is 9.83. The minimum absolute atomic E-state index is 0.0373. The van der Waals surface area contributed by atoms with Gasteiger partial charge in [0.15, 0.2) is 11.6 Å². The van der Waals surface area contributed by atoms with Gasteiger partial charge in [-0.2, -0.15) is 0 Å². The highest BCUT2D eigenvalue weighted by atomic mass is 19.2. The molecule has 0 aliphatic carbocycles. The zero-order chi connectivity index (χ0) is 13.2. The minimum atomic E-state index is -1.08. The van der Waals surface area contributed by atoms with Crippen LogP contribution in [-0.4, -0.2) is 11.1 Å². The van der Waals surface area contributed by atoms with Crippen molar-refractivity contribution in [3.63, 3.8) is 0 Å². The Kier molecular flexibility index (Phi) is 4.22. The normalized spacial score (nSPS) is 15.7. The molecule has 2 nitrogen and oxygen atoms in total. The van der Waals surface area contributed by atoms with Gasteiger partial charge in [0.25, 0.3) is 0 Å². The van der Waals surface area contributed by atoms with Crippen molar-refractivity contribution in [1.29, 1.82) is 0 Å². The largest absolute Gasteiger partial charge is 0.388 e. The standard InChI is InChI=1S/C13H19F2NO/c1-13(2,3)11(16)7-10(17)8-5-4-6-9(14)12(8)15/h4-6,10-11,17H,7,16H2,1-3H3/t10-,11-/m0/s1. The quantitative estimate of drug-likeness (QED) is 0.857. The van der Waals surface area contributed by atoms with E-state index in [2.05, 4.69) is 0 Å². The monoisotopic (exact) mass is 243 g/mol. The van der Waals surface area contributed by atoms with Crippen molar-refractivity contribution >= 4 is 0 Å². The maximum atomic E-state index is 13.4. The maximum Gasteiger partial charge on any atom is 0.164 e. The molecule has 0 unspecified atom stereocenters. The molecule has 1 aromatic rings. The van der Waals surface area contributed by atoms with E-state index in [0.717, 1.165) is 6.07 Å². The van der Waals surface area contributed by atoms with Gasteiger partial charge in [-0.3, -0.25) is 0 Å². The molecule has 0 saturated carbocycles. The summed E-state index contributed by atoms with van der Waals surface area (Å²) in [7, 11) is 0. The number of aliphatic hydroxyl groups excluding tert-OH is 1. The van der Waals surface area contributed by atoms with Crippen molar-refractivity contribution in [2.45, 2.75) is 39.3 Å². The Morgan fingerprint density at radius 3 is 2.41 bits per heavy atom. The van der Waals surface area contributed by atoms with Gasteiger partial charge >= 0.3 is 0 Å². The molecule has 4 heteroatoms. The molecule has 96 valence electrons. The summed E-state index contributed by atoms with van der Waals surface area (Å²) >= 11 is 0. The first-order valence-electron chi connectivity index (χ1n) is 5.61. The molecule has 3 N–H and O–H groups in total. The van der Waals surface area contributed by atoms with Crippen molar-refractivity contribution in [3.05, 3.63) is 35.4 Å². The van der Waals surface area contributed by atoms with Crippen LogP contribution in [-0.2, 0) is 0 Å². The van der Waals surface area contributed by atoms with Crippen LogP contribution in [0.4, 0.5) is 8.78 Å². The fraction of sp³-hybridized carbons (Fsp3) is 0.538. The summed E-state index contributed by atoms with van der Waals surface area (Å²) < 4.78 is 26.4. The van der Waals surface area contributed by atoms with E-state index in [-0.39, 0.29) is 23.4 Å². The molecular formula is C13H19F2NO. The van der Waals surface area contributed by atoms with Crippen molar-refractivity contribution in [2.75, 3.05) is 0 Å². The van der Waals surface area contributed by atoms with Gasteiger partial charge in [-0.1, -0.05) is 32.9 Å². The molecule has 0 saturated heterocycles. The van der Waals surface area contributed by atoms with Crippen LogP contribution in [0.5, 0.6) is 0 Å². The predicted octanol–water partition coefficient (Wildman–Crippen LogP) is 2.76. The van der Waals surface area contributed by atoms with Crippen LogP contribution in [0.15, 0.2) is 18.2 Å². The summed E-state index contributed by atoms with van der Waals surface area (Å²) in [5, 5.41) is 9.87. The molecule has 1 rings (SSSR count). The first kappa shape index (κ1) is 14.1. The predicted molar refractivity (Wildman–Crippen MR) is 63.4 cm³/mol. The second-order valence-corrected chi connectivity index (χ2v) is 5.37. The highest BCUT2D eigenvalue weighted by Crippen LogP contribution is 2.28. The van der Waals surface area contributed by atoms with Crippen molar-refractivity contribution < 1.29 is 13.9 Å². The lowest BCUT2D eigenvalue weighted by molar-refractivity contribution is 0.129. The Morgan fingerprint density at radius 1 is 1.29 bits per heavy atom. The molecule has 0 heterocycles. The number of benzene rings is 1. The van der Waals surface area contributed by atoms with Gasteiger partial charge in [-0.15, -0.1) is 0 Å². The molecule has 0 aliphatic heterocycles. The smallest absolute Gasteiger partial charge is 0.164 e. The third-order valence-corrected chi connectivity index (χ3v) is 2.93. The second kappa shape index (κ2) is 5.10. The van der Waals surface area contributed by atoms with E-state index in [0.29, 0.717) is 0 Å². The summed E-state index contributed by atoms with van der Waals surface area (Å²) in [4.78, 5) is 0. The fourth-order valence-corrected chi connectivity index (χ4v) is 1.50. The molecule has 1 aromatic carbocycles. The Hall–Kier alpha value is -1.00. The van der Waals surface area contributed by atoms with Gasteiger partial charge < -0.3 is 10.8 Å². The van der Waals surface area contributed by atoms with Crippen LogP contribution in [0.1, 0.15) is 38.9 Å². The van der Waals surface area contributed by atoms with Gasteiger partial charge in [-0.05, 0) is 17.9 Å². The van der Waals surface area contributed by atoms with E-state index >= 15 is 0 Å². The Balaban J connectivity index is 2.84. The van der Waals surface area contributed by atoms with E-state index in [4.69, 9.17) is 5.73 Å². The van der Waals surface area contributed by atoms with Crippen LogP contribution in [0.25, 0.3) is 0 Å². The molecule has 0 fully saturated rings. The Bertz CT molecular complexity index is 387. The third-order valence-electron chi connectivity index (χ3n) is 2.93. The first-order chi connectivity index (χ1) is 7.73. The van der Waals surface area contributed by atoms with Gasteiger partial charge in [0.05, 0.1) is 6.10 Å². The number of hydrogen-bond acceptors (Lipinski definition) is 2. The molecule has 0 aromatic heterocycles. The summed E-state index contributed by atoms with van der Waals surface area (Å²) in [6.45, 7) is 5.81. The SMILES string of the molecule is CC(C)(C)[C@@H](N)C[C@H](O)c1cccc(F)c1F. The van der Waals surface area contributed by atoms with Crippen LogP contribution < -0.4 is 5.73 Å². The zero-order valence-corrected chi connectivity index (χ0v) is 10.4. The number of hydrogen-bond donors (Lipinski definition) is 2. The van der Waals surface area contributed by atoms with E-state index in [1.54, 1.807) is 0 Å². The second-order valence-electron chi connectivity index (χ2n) is 5.37. The van der Waals surface area contributed by atoms with Crippen LogP contribution in [0.2, 0.25) is 0 Å². The Labute approximate surface area is 100 Å². The number of nitrogens with two attached hydrogens (primary N) is 1. The van der Waals surface area contributed by atoms with Gasteiger partial charge in [0, 0.05) is 11.6 Å². The molecule has 0 aliphatic rings. The number of aliphatic hydroxyl groups is 1. The van der Waals surface area contributed by atoms with E-state index in [9.17, 15) is 13.9 Å². The van der Waals surface area contributed by atoms with Gasteiger partial charge in [0.1, 0.15) is 0 Å². The first-order valence-corrected chi connectivity index (χ1v) is 5.61. The van der Waals surface area contributed by atoms with Gasteiger partial charge in [0.2, 0.25) is 0 Å². The molecule has 0 amide bonds. The lowest BCUT2D eigenvalue weighted by Gasteiger charge is -2.29. The third kappa shape index (κ3) is 3.48. The molecule has 0 spiro atoms. The fourth-order valence-electron chi connectivity index (χ4n) is 1.50. The number of rotatable bonds is 3. The zero-order valence-electron chi connectivity index (χ0n) is 10.4. The van der Waals surface area contributed by atoms with E-state index < -0.39 is 17.7 Å². The van der Waals surface area contributed by atoms with Crippen LogP contribution >= 0.6 is 0 Å². The average molecular weight is 243 g/mol. The molecule has 0 bridgehead atoms. The summed E-state index contributed by atoms with van der Waals surface area (Å²) in [5.41, 5.74) is 5.67. The summed E-state index contributed by atoms with van der Waals surface area (Å²) in [6.07, 6.45) is -0.885. The average Bonchev–Trinajstić information content (AvgIpc) is 2.20. The molecular weight excluding hydrogens is 224 g/mol. The van der Waals surface area contributed by atoms with Crippen LogP contribution in [0, 0.1) is 17.0 Å².